The normalized spacial score (nSPS) is 17.6. The van der Waals surface area contributed by atoms with E-state index in [1.807, 2.05) is 6.92 Å². The molecule has 106 valence electrons. The summed E-state index contributed by atoms with van der Waals surface area (Å²) in [5, 5.41) is 0. The van der Waals surface area contributed by atoms with Crippen molar-refractivity contribution >= 4 is 31.9 Å². The highest BCUT2D eigenvalue weighted by atomic mass is 79.9. The molecule has 3 heteroatoms. The molecule has 1 unspecified atom stereocenters. The summed E-state index contributed by atoms with van der Waals surface area (Å²) in [5.74, 6) is 1.90. The van der Waals surface area contributed by atoms with Crippen molar-refractivity contribution in [2.75, 3.05) is 6.61 Å². The van der Waals surface area contributed by atoms with Gasteiger partial charge in [-0.2, -0.15) is 0 Å². The van der Waals surface area contributed by atoms with E-state index in [1.165, 1.54) is 44.1 Å². The van der Waals surface area contributed by atoms with Crippen LogP contribution >= 0.6 is 31.9 Å². The summed E-state index contributed by atoms with van der Waals surface area (Å²) in [7, 11) is 0. The van der Waals surface area contributed by atoms with Crippen molar-refractivity contribution in [2.24, 2.45) is 5.92 Å². The van der Waals surface area contributed by atoms with E-state index in [0.29, 0.717) is 11.4 Å². The van der Waals surface area contributed by atoms with Crippen LogP contribution in [0, 0.1) is 5.92 Å². The standard InChI is InChI=1S/C16H22Br2O/c1-2-19-13-8-9-14(16(18)11-13)15(17)10-7-12-5-3-4-6-12/h8-9,11-12,15H,2-7,10H2,1H3. The van der Waals surface area contributed by atoms with Gasteiger partial charge in [-0.25, -0.2) is 0 Å². The minimum Gasteiger partial charge on any atom is -0.494 e. The van der Waals surface area contributed by atoms with Gasteiger partial charge >= 0.3 is 0 Å². The van der Waals surface area contributed by atoms with Gasteiger partial charge in [0.2, 0.25) is 0 Å². The first-order chi connectivity index (χ1) is 9.20. The van der Waals surface area contributed by atoms with E-state index >= 15 is 0 Å². The van der Waals surface area contributed by atoms with Gasteiger partial charge in [0.15, 0.2) is 0 Å². The van der Waals surface area contributed by atoms with Crippen LogP contribution in [0.5, 0.6) is 5.75 Å². The van der Waals surface area contributed by atoms with Gasteiger partial charge in [0.1, 0.15) is 5.75 Å². The quantitative estimate of drug-likeness (QED) is 0.522. The number of rotatable bonds is 6. The molecule has 1 aliphatic carbocycles. The van der Waals surface area contributed by atoms with E-state index in [1.54, 1.807) is 0 Å². The molecule has 1 atom stereocenters. The van der Waals surface area contributed by atoms with Crippen molar-refractivity contribution in [3.05, 3.63) is 28.2 Å². The second-order valence-corrected chi connectivity index (χ2v) is 7.27. The first-order valence-electron chi connectivity index (χ1n) is 7.27. The Labute approximate surface area is 133 Å². The molecule has 1 nitrogen and oxygen atoms in total. The molecule has 1 aromatic rings. The third-order valence-corrected chi connectivity index (χ3v) is 5.56. The van der Waals surface area contributed by atoms with Crippen molar-refractivity contribution in [2.45, 2.75) is 50.3 Å². The lowest BCUT2D eigenvalue weighted by Crippen LogP contribution is -1.99. The molecule has 0 aliphatic heterocycles. The van der Waals surface area contributed by atoms with E-state index in [2.05, 4.69) is 50.1 Å². The second kappa shape index (κ2) is 7.68. The summed E-state index contributed by atoms with van der Waals surface area (Å²) in [4.78, 5) is 0.443. The highest BCUT2D eigenvalue weighted by Crippen LogP contribution is 2.38. The Morgan fingerprint density at radius 3 is 2.68 bits per heavy atom. The van der Waals surface area contributed by atoms with Gasteiger partial charge in [-0.3, -0.25) is 0 Å². The van der Waals surface area contributed by atoms with Crippen molar-refractivity contribution in [3.63, 3.8) is 0 Å². The Balaban J connectivity index is 1.92. The first kappa shape index (κ1) is 15.4. The zero-order valence-electron chi connectivity index (χ0n) is 11.5. The van der Waals surface area contributed by atoms with Crippen LogP contribution in [0.3, 0.4) is 0 Å². The molecule has 2 rings (SSSR count). The number of halogens is 2. The maximum absolute atomic E-state index is 5.52. The van der Waals surface area contributed by atoms with Crippen molar-refractivity contribution in [3.8, 4) is 5.75 Å². The average molecular weight is 390 g/mol. The first-order valence-corrected chi connectivity index (χ1v) is 8.98. The fourth-order valence-electron chi connectivity index (χ4n) is 2.85. The maximum Gasteiger partial charge on any atom is 0.120 e. The summed E-state index contributed by atoms with van der Waals surface area (Å²) in [5.41, 5.74) is 1.33. The van der Waals surface area contributed by atoms with Crippen LogP contribution in [0.15, 0.2) is 22.7 Å². The van der Waals surface area contributed by atoms with Crippen LogP contribution in [0.25, 0.3) is 0 Å². The molecule has 0 aromatic heterocycles. The Kier molecular flexibility index (Phi) is 6.21. The fraction of sp³-hybridized carbons (Fsp3) is 0.625. The molecule has 1 saturated carbocycles. The van der Waals surface area contributed by atoms with Gasteiger partial charge in [-0.15, -0.1) is 0 Å². The second-order valence-electron chi connectivity index (χ2n) is 5.31. The van der Waals surface area contributed by atoms with E-state index < -0.39 is 0 Å². The molecule has 0 amide bonds. The molecule has 0 heterocycles. The summed E-state index contributed by atoms with van der Waals surface area (Å²) >= 11 is 7.50. The van der Waals surface area contributed by atoms with Gasteiger partial charge in [0, 0.05) is 9.30 Å². The zero-order chi connectivity index (χ0) is 13.7. The average Bonchev–Trinajstić information content (AvgIpc) is 2.89. The van der Waals surface area contributed by atoms with E-state index in [9.17, 15) is 0 Å². The number of alkyl halides is 1. The molecule has 0 N–H and O–H groups in total. The van der Waals surface area contributed by atoms with Gasteiger partial charge in [-0.05, 0) is 43.4 Å². The van der Waals surface area contributed by atoms with Crippen LogP contribution in [0.1, 0.15) is 55.8 Å². The molecule has 1 aliphatic rings. The largest absolute Gasteiger partial charge is 0.494 e. The van der Waals surface area contributed by atoms with Crippen molar-refractivity contribution in [1.82, 2.24) is 0 Å². The lowest BCUT2D eigenvalue weighted by atomic mass is 9.98. The highest BCUT2D eigenvalue weighted by Gasteiger charge is 2.18. The zero-order valence-corrected chi connectivity index (χ0v) is 14.7. The van der Waals surface area contributed by atoms with Crippen LogP contribution in [-0.2, 0) is 0 Å². The van der Waals surface area contributed by atoms with Crippen molar-refractivity contribution < 1.29 is 4.74 Å². The Morgan fingerprint density at radius 1 is 1.32 bits per heavy atom. The number of ether oxygens (including phenoxy) is 1. The van der Waals surface area contributed by atoms with Gasteiger partial charge in [0.25, 0.3) is 0 Å². The number of benzene rings is 1. The van der Waals surface area contributed by atoms with Crippen LogP contribution in [0.4, 0.5) is 0 Å². The molecule has 19 heavy (non-hydrogen) atoms. The van der Waals surface area contributed by atoms with Crippen LogP contribution < -0.4 is 4.74 Å². The molecule has 0 radical (unpaired) electrons. The number of hydrogen-bond donors (Lipinski definition) is 0. The topological polar surface area (TPSA) is 9.23 Å². The van der Waals surface area contributed by atoms with Crippen LogP contribution in [-0.4, -0.2) is 6.61 Å². The predicted molar refractivity (Wildman–Crippen MR) is 88.2 cm³/mol. The molecule has 0 saturated heterocycles. The minimum atomic E-state index is 0.443. The molecule has 0 spiro atoms. The molecular formula is C16H22Br2O. The molecule has 1 fully saturated rings. The Hall–Kier alpha value is -0.0200. The summed E-state index contributed by atoms with van der Waals surface area (Å²) in [6.07, 6.45) is 8.30. The highest BCUT2D eigenvalue weighted by molar-refractivity contribution is 9.11. The number of hydrogen-bond acceptors (Lipinski definition) is 1. The lowest BCUT2D eigenvalue weighted by molar-refractivity contribution is 0.340. The third kappa shape index (κ3) is 4.49. The van der Waals surface area contributed by atoms with Crippen molar-refractivity contribution in [1.29, 1.82) is 0 Å². The van der Waals surface area contributed by atoms with E-state index in [4.69, 9.17) is 4.74 Å². The van der Waals surface area contributed by atoms with E-state index in [-0.39, 0.29) is 0 Å². The Morgan fingerprint density at radius 2 is 2.05 bits per heavy atom. The molecular weight excluding hydrogens is 368 g/mol. The molecule has 0 bridgehead atoms. The van der Waals surface area contributed by atoms with Crippen LogP contribution in [0.2, 0.25) is 0 Å². The summed E-state index contributed by atoms with van der Waals surface area (Å²) in [6.45, 7) is 2.72. The fourth-order valence-corrected chi connectivity index (χ4v) is 4.46. The summed E-state index contributed by atoms with van der Waals surface area (Å²) in [6, 6.07) is 6.30. The predicted octanol–water partition coefficient (Wildman–Crippen LogP) is 6.25. The molecule has 1 aromatic carbocycles. The van der Waals surface area contributed by atoms with Gasteiger partial charge in [-0.1, -0.05) is 63.6 Å². The van der Waals surface area contributed by atoms with Gasteiger partial charge in [0.05, 0.1) is 6.61 Å². The van der Waals surface area contributed by atoms with Gasteiger partial charge < -0.3 is 4.74 Å². The Bertz CT molecular complexity index is 400. The lowest BCUT2D eigenvalue weighted by Gasteiger charge is -2.16. The monoisotopic (exact) mass is 388 g/mol. The SMILES string of the molecule is CCOc1ccc(C(Br)CCC2CCCC2)c(Br)c1. The minimum absolute atomic E-state index is 0.443. The smallest absolute Gasteiger partial charge is 0.120 e. The maximum atomic E-state index is 5.52. The summed E-state index contributed by atoms with van der Waals surface area (Å²) < 4.78 is 6.66. The third-order valence-electron chi connectivity index (χ3n) is 3.92. The van der Waals surface area contributed by atoms with E-state index in [0.717, 1.165) is 16.1 Å².